The standard InChI is InChI=1S/C32H48S2/c1-17(2)23-13-25(19(5)6)29(26(14-23)20(7)8)31(33)32(34)30-27(21(9)10)15-24(18(3)4)16-28(30)22(11)12/h13-22,33-34H,1-12H3/b32-31-. The number of hydrogen-bond donors (Lipinski definition) is 2. The van der Waals surface area contributed by atoms with Gasteiger partial charge in [-0.05, 0) is 80.0 Å². The van der Waals surface area contributed by atoms with Gasteiger partial charge in [-0.2, -0.15) is 0 Å². The van der Waals surface area contributed by atoms with Crippen molar-refractivity contribution in [2.75, 3.05) is 0 Å². The Hall–Kier alpha value is -1.12. The molecule has 0 aromatic heterocycles. The molecule has 0 spiro atoms. The molecule has 0 aliphatic carbocycles. The van der Waals surface area contributed by atoms with Crippen LogP contribution >= 0.6 is 25.3 Å². The minimum absolute atomic E-state index is 0.409. The molecule has 2 heteroatoms. The first-order valence-electron chi connectivity index (χ1n) is 13.2. The van der Waals surface area contributed by atoms with E-state index in [4.69, 9.17) is 25.3 Å². The van der Waals surface area contributed by atoms with E-state index in [9.17, 15) is 0 Å². The lowest BCUT2D eigenvalue weighted by Crippen LogP contribution is -2.08. The predicted octanol–water partition coefficient (Wildman–Crippen LogP) is 11.1. The second-order valence-corrected chi connectivity index (χ2v) is 12.7. The first kappa shape index (κ1) is 29.1. The second-order valence-electron chi connectivity index (χ2n) is 11.8. The third-order valence-corrected chi connectivity index (χ3v) is 8.03. The fraction of sp³-hybridized carbons (Fsp3) is 0.562. The summed E-state index contributed by atoms with van der Waals surface area (Å²) in [6, 6.07) is 9.62. The lowest BCUT2D eigenvalue weighted by Gasteiger charge is -2.27. The third kappa shape index (κ3) is 6.16. The average molecular weight is 497 g/mol. The molecule has 2 rings (SSSR count). The molecular formula is C32H48S2. The molecule has 0 fully saturated rings. The molecule has 0 atom stereocenters. The topological polar surface area (TPSA) is 0 Å². The van der Waals surface area contributed by atoms with Gasteiger partial charge < -0.3 is 0 Å². The summed E-state index contributed by atoms with van der Waals surface area (Å²) >= 11 is 10.5. The minimum atomic E-state index is 0.409. The molecule has 0 saturated carbocycles. The van der Waals surface area contributed by atoms with Gasteiger partial charge >= 0.3 is 0 Å². The van der Waals surface area contributed by atoms with E-state index in [-0.39, 0.29) is 0 Å². The average Bonchev–Trinajstić information content (AvgIpc) is 2.75. The minimum Gasteiger partial charge on any atom is -0.142 e. The molecule has 34 heavy (non-hydrogen) atoms. The molecule has 0 bridgehead atoms. The summed E-state index contributed by atoms with van der Waals surface area (Å²) in [5.41, 5.74) is 10.9. The van der Waals surface area contributed by atoms with Gasteiger partial charge in [0.25, 0.3) is 0 Å². The Labute approximate surface area is 221 Å². The summed E-state index contributed by atoms with van der Waals surface area (Å²) < 4.78 is 0. The van der Waals surface area contributed by atoms with Gasteiger partial charge in [-0.1, -0.05) is 107 Å². The van der Waals surface area contributed by atoms with Gasteiger partial charge in [0.1, 0.15) is 0 Å². The maximum atomic E-state index is 5.24. The van der Waals surface area contributed by atoms with Crippen molar-refractivity contribution in [3.63, 3.8) is 0 Å². The summed E-state index contributed by atoms with van der Waals surface area (Å²) in [4.78, 5) is 2.01. The van der Waals surface area contributed by atoms with Gasteiger partial charge in [-0.15, -0.1) is 25.3 Å². The Kier molecular flexibility index (Phi) is 10.1. The van der Waals surface area contributed by atoms with Crippen LogP contribution in [0.2, 0.25) is 0 Å². The summed E-state index contributed by atoms with van der Waals surface area (Å²) in [5, 5.41) is 0. The van der Waals surface area contributed by atoms with Crippen LogP contribution in [0, 0.1) is 0 Å². The van der Waals surface area contributed by atoms with Crippen LogP contribution in [0.25, 0.3) is 9.81 Å². The highest BCUT2D eigenvalue weighted by Crippen LogP contribution is 2.45. The van der Waals surface area contributed by atoms with Crippen LogP contribution in [0.5, 0.6) is 0 Å². The fourth-order valence-electron chi connectivity index (χ4n) is 4.70. The highest BCUT2D eigenvalue weighted by atomic mass is 32.1. The van der Waals surface area contributed by atoms with Gasteiger partial charge in [-0.25, -0.2) is 0 Å². The fourth-order valence-corrected chi connectivity index (χ4v) is 5.44. The summed E-state index contributed by atoms with van der Waals surface area (Å²) in [5.74, 6) is 2.63. The monoisotopic (exact) mass is 496 g/mol. The Balaban J connectivity index is 3.01. The van der Waals surface area contributed by atoms with Crippen LogP contribution in [0.15, 0.2) is 24.3 Å². The van der Waals surface area contributed by atoms with Gasteiger partial charge in [-0.3, -0.25) is 0 Å². The van der Waals surface area contributed by atoms with E-state index in [1.54, 1.807) is 0 Å². The van der Waals surface area contributed by atoms with E-state index < -0.39 is 0 Å². The quantitative estimate of drug-likeness (QED) is 0.263. The molecule has 0 saturated heterocycles. The van der Waals surface area contributed by atoms with Gasteiger partial charge in [0.2, 0.25) is 0 Å². The molecule has 0 nitrogen and oxygen atoms in total. The largest absolute Gasteiger partial charge is 0.142 e. The lowest BCUT2D eigenvalue weighted by atomic mass is 9.82. The van der Waals surface area contributed by atoms with E-state index >= 15 is 0 Å². The molecule has 2 aromatic rings. The van der Waals surface area contributed by atoms with Crippen molar-refractivity contribution in [3.05, 3.63) is 68.8 Å². The molecule has 0 aliphatic heterocycles. The van der Waals surface area contributed by atoms with Crippen molar-refractivity contribution in [2.45, 2.75) is 119 Å². The van der Waals surface area contributed by atoms with E-state index in [2.05, 4.69) is 107 Å². The Morgan fingerprint density at radius 2 is 0.618 bits per heavy atom. The van der Waals surface area contributed by atoms with Crippen LogP contribution in [-0.2, 0) is 0 Å². The van der Waals surface area contributed by atoms with Crippen LogP contribution in [-0.4, -0.2) is 0 Å². The second kappa shape index (κ2) is 11.7. The van der Waals surface area contributed by atoms with Crippen molar-refractivity contribution >= 4 is 35.1 Å². The van der Waals surface area contributed by atoms with E-state index in [0.717, 1.165) is 9.81 Å². The molecule has 0 radical (unpaired) electrons. The third-order valence-electron chi connectivity index (χ3n) is 6.96. The van der Waals surface area contributed by atoms with Crippen molar-refractivity contribution in [1.29, 1.82) is 0 Å². The van der Waals surface area contributed by atoms with Gasteiger partial charge in [0.15, 0.2) is 0 Å². The highest BCUT2D eigenvalue weighted by molar-refractivity contribution is 7.96. The molecule has 188 valence electrons. The van der Waals surface area contributed by atoms with Crippen molar-refractivity contribution in [1.82, 2.24) is 0 Å². The smallest absolute Gasteiger partial charge is 0.0259 e. The Bertz CT molecular complexity index is 891. The zero-order chi connectivity index (χ0) is 26.1. The first-order valence-corrected chi connectivity index (χ1v) is 14.1. The SMILES string of the molecule is CC(C)c1cc(C(C)C)c(/C(S)=C(/S)c2c(C(C)C)cc(C(C)C)cc2C(C)C)c(C(C)C)c1. The molecule has 0 unspecified atom stereocenters. The summed E-state index contributed by atoms with van der Waals surface area (Å²) in [7, 11) is 0. The van der Waals surface area contributed by atoms with Gasteiger partial charge in [0, 0.05) is 9.81 Å². The molecule has 0 aliphatic rings. The van der Waals surface area contributed by atoms with Crippen molar-refractivity contribution in [3.8, 4) is 0 Å². The molecule has 0 heterocycles. The van der Waals surface area contributed by atoms with Crippen LogP contribution in [0.4, 0.5) is 0 Å². The number of benzene rings is 2. The first-order chi connectivity index (χ1) is 15.7. The molecule has 2 aromatic carbocycles. The zero-order valence-electron chi connectivity index (χ0n) is 23.7. The molecular weight excluding hydrogens is 448 g/mol. The lowest BCUT2D eigenvalue weighted by molar-refractivity contribution is 0.798. The Morgan fingerprint density at radius 1 is 0.412 bits per heavy atom. The van der Waals surface area contributed by atoms with E-state index in [1.165, 1.54) is 44.5 Å². The zero-order valence-corrected chi connectivity index (χ0v) is 25.5. The summed E-state index contributed by atoms with van der Waals surface area (Å²) in [6.07, 6.45) is 0. The molecule has 0 N–H and O–H groups in total. The van der Waals surface area contributed by atoms with E-state index in [0.29, 0.717) is 35.5 Å². The normalized spacial score (nSPS) is 13.3. The van der Waals surface area contributed by atoms with E-state index in [1.807, 2.05) is 0 Å². The van der Waals surface area contributed by atoms with Crippen LogP contribution < -0.4 is 0 Å². The maximum absolute atomic E-state index is 5.24. The number of thiol groups is 2. The van der Waals surface area contributed by atoms with Crippen LogP contribution in [0.1, 0.15) is 163 Å². The number of hydrogen-bond acceptors (Lipinski definition) is 2. The van der Waals surface area contributed by atoms with Crippen molar-refractivity contribution < 1.29 is 0 Å². The Morgan fingerprint density at radius 3 is 0.765 bits per heavy atom. The predicted molar refractivity (Wildman–Crippen MR) is 162 cm³/mol. The number of rotatable bonds is 8. The molecule has 0 amide bonds. The summed E-state index contributed by atoms with van der Waals surface area (Å²) in [6.45, 7) is 27.5. The highest BCUT2D eigenvalue weighted by Gasteiger charge is 2.24. The van der Waals surface area contributed by atoms with Crippen LogP contribution in [0.3, 0.4) is 0 Å². The van der Waals surface area contributed by atoms with Crippen molar-refractivity contribution in [2.24, 2.45) is 0 Å². The van der Waals surface area contributed by atoms with Gasteiger partial charge in [0.05, 0.1) is 0 Å². The maximum Gasteiger partial charge on any atom is 0.0259 e.